The largest absolute Gasteiger partial charge is 0.378 e. The Bertz CT molecular complexity index is 461. The first-order chi connectivity index (χ1) is 9.56. The molecule has 1 aliphatic carbocycles. The summed E-state index contributed by atoms with van der Waals surface area (Å²) >= 11 is 0. The number of hydrogen-bond donors (Lipinski definition) is 1. The minimum absolute atomic E-state index is 0.186. The predicted molar refractivity (Wildman–Crippen MR) is 70.9 cm³/mol. The van der Waals surface area contributed by atoms with Gasteiger partial charge in [0.05, 0.1) is 6.10 Å². The summed E-state index contributed by atoms with van der Waals surface area (Å²) in [5, 5.41) is 2.98. The summed E-state index contributed by atoms with van der Waals surface area (Å²) in [6.45, 7) is 2.66. The van der Waals surface area contributed by atoms with Gasteiger partial charge in [0.2, 0.25) is 0 Å². The van der Waals surface area contributed by atoms with Crippen LogP contribution in [0.3, 0.4) is 0 Å². The molecule has 1 saturated carbocycles. The molecule has 1 aliphatic rings. The lowest BCUT2D eigenvalue weighted by Gasteiger charge is -2.37. The zero-order valence-electron chi connectivity index (χ0n) is 11.8. The Hall–Kier alpha value is -1.07. The Kier molecular flexibility index (Phi) is 5.05. The smallest absolute Gasteiger partial charge is 0.194 e. The van der Waals surface area contributed by atoms with Gasteiger partial charge in [-0.15, -0.1) is 0 Å². The van der Waals surface area contributed by atoms with Crippen LogP contribution < -0.4 is 5.32 Å². The van der Waals surface area contributed by atoms with E-state index in [-0.39, 0.29) is 17.7 Å². The van der Waals surface area contributed by atoms with Crippen molar-refractivity contribution in [1.29, 1.82) is 0 Å². The van der Waals surface area contributed by atoms with Gasteiger partial charge in [-0.25, -0.2) is 13.2 Å². The number of halogens is 3. The number of ether oxygens (including phenoxy) is 1. The molecule has 0 bridgehead atoms. The van der Waals surface area contributed by atoms with Gasteiger partial charge in [0, 0.05) is 18.2 Å². The van der Waals surface area contributed by atoms with Gasteiger partial charge in [0.1, 0.15) is 0 Å². The molecule has 1 fully saturated rings. The van der Waals surface area contributed by atoms with Crippen LogP contribution in [-0.4, -0.2) is 19.8 Å². The van der Waals surface area contributed by atoms with E-state index in [1.807, 2.05) is 6.92 Å². The van der Waals surface area contributed by atoms with Crippen molar-refractivity contribution in [2.45, 2.75) is 38.3 Å². The van der Waals surface area contributed by atoms with Crippen molar-refractivity contribution in [3.05, 3.63) is 35.1 Å². The van der Waals surface area contributed by atoms with E-state index in [0.29, 0.717) is 18.9 Å². The van der Waals surface area contributed by atoms with E-state index in [1.165, 1.54) is 6.07 Å². The molecule has 1 aromatic rings. The zero-order valence-corrected chi connectivity index (χ0v) is 11.8. The van der Waals surface area contributed by atoms with Crippen molar-refractivity contribution in [3.8, 4) is 0 Å². The molecule has 0 heterocycles. The first-order valence-electron chi connectivity index (χ1n) is 6.99. The Labute approximate surface area is 117 Å². The third kappa shape index (κ3) is 3.15. The van der Waals surface area contributed by atoms with Crippen molar-refractivity contribution in [2.24, 2.45) is 5.92 Å². The second-order valence-electron chi connectivity index (χ2n) is 5.26. The van der Waals surface area contributed by atoms with Crippen molar-refractivity contribution in [2.75, 3.05) is 13.7 Å². The fourth-order valence-corrected chi connectivity index (χ4v) is 2.78. The van der Waals surface area contributed by atoms with Gasteiger partial charge in [-0.1, -0.05) is 6.07 Å². The molecule has 0 radical (unpaired) electrons. The summed E-state index contributed by atoms with van der Waals surface area (Å²) in [5.41, 5.74) is 0.186. The van der Waals surface area contributed by atoms with Gasteiger partial charge in [0.15, 0.2) is 17.5 Å². The highest BCUT2D eigenvalue weighted by molar-refractivity contribution is 5.23. The van der Waals surface area contributed by atoms with Gasteiger partial charge in [-0.3, -0.25) is 0 Å². The monoisotopic (exact) mass is 287 g/mol. The van der Waals surface area contributed by atoms with Gasteiger partial charge in [-0.2, -0.15) is 0 Å². The van der Waals surface area contributed by atoms with Crippen LogP contribution in [-0.2, 0) is 4.74 Å². The van der Waals surface area contributed by atoms with Gasteiger partial charge in [0.25, 0.3) is 0 Å². The summed E-state index contributed by atoms with van der Waals surface area (Å²) in [4.78, 5) is 0. The molecular weight excluding hydrogens is 267 g/mol. The van der Waals surface area contributed by atoms with Gasteiger partial charge in [-0.05, 0) is 45.2 Å². The molecule has 2 nitrogen and oxygen atoms in total. The Morgan fingerprint density at radius 2 is 1.95 bits per heavy atom. The lowest BCUT2D eigenvalue weighted by Crippen LogP contribution is -2.34. The Morgan fingerprint density at radius 3 is 2.55 bits per heavy atom. The first kappa shape index (κ1) is 15.3. The number of nitrogens with one attached hydrogen (secondary N) is 1. The molecule has 1 unspecified atom stereocenters. The lowest BCUT2D eigenvalue weighted by atomic mass is 9.77. The van der Waals surface area contributed by atoms with Crippen LogP contribution in [0.5, 0.6) is 0 Å². The molecular formula is C15H20F3NO. The van der Waals surface area contributed by atoms with Crippen LogP contribution >= 0.6 is 0 Å². The molecule has 0 saturated heterocycles. The maximum Gasteiger partial charge on any atom is 0.194 e. The van der Waals surface area contributed by atoms with E-state index >= 15 is 0 Å². The standard InChI is InChI=1S/C15H20F3NO/c1-3-20-10-6-9(7-10)8-13(19-2)11-4-5-12(16)15(18)14(11)17/h4-5,9-10,13,19H,3,6-8H2,1-2H3. The average molecular weight is 287 g/mol. The van der Waals surface area contributed by atoms with Crippen LogP contribution in [0.2, 0.25) is 0 Å². The molecule has 112 valence electrons. The van der Waals surface area contributed by atoms with Crippen LogP contribution in [0.25, 0.3) is 0 Å². The molecule has 2 rings (SSSR count). The van der Waals surface area contributed by atoms with E-state index < -0.39 is 17.5 Å². The minimum atomic E-state index is -1.40. The molecule has 1 atom stereocenters. The molecule has 0 aromatic heterocycles. The average Bonchev–Trinajstić information content (AvgIpc) is 2.40. The Morgan fingerprint density at radius 1 is 1.25 bits per heavy atom. The summed E-state index contributed by atoms with van der Waals surface area (Å²) in [7, 11) is 1.70. The van der Waals surface area contributed by atoms with Gasteiger partial charge >= 0.3 is 0 Å². The number of rotatable bonds is 6. The second-order valence-corrected chi connectivity index (χ2v) is 5.26. The topological polar surface area (TPSA) is 21.3 Å². The summed E-state index contributed by atoms with van der Waals surface area (Å²) in [6.07, 6.45) is 2.87. The fourth-order valence-electron chi connectivity index (χ4n) is 2.78. The molecule has 20 heavy (non-hydrogen) atoms. The molecule has 1 aromatic carbocycles. The molecule has 0 amide bonds. The normalized spacial score (nSPS) is 23.4. The minimum Gasteiger partial charge on any atom is -0.378 e. The first-order valence-corrected chi connectivity index (χ1v) is 6.99. The Balaban J connectivity index is 2.01. The summed E-state index contributed by atoms with van der Waals surface area (Å²) in [6, 6.07) is 1.98. The third-order valence-electron chi connectivity index (χ3n) is 3.95. The van der Waals surface area contributed by atoms with Crippen LogP contribution in [0.15, 0.2) is 12.1 Å². The van der Waals surface area contributed by atoms with E-state index in [9.17, 15) is 13.2 Å². The highest BCUT2D eigenvalue weighted by Gasteiger charge is 2.32. The SMILES string of the molecule is CCOC1CC(CC(NC)c2ccc(F)c(F)c2F)C1. The highest BCUT2D eigenvalue weighted by atomic mass is 19.2. The van der Waals surface area contributed by atoms with Crippen molar-refractivity contribution in [1.82, 2.24) is 5.32 Å². The number of benzene rings is 1. The van der Waals surface area contributed by atoms with Crippen molar-refractivity contribution >= 4 is 0 Å². The highest BCUT2D eigenvalue weighted by Crippen LogP contribution is 2.37. The number of hydrogen-bond acceptors (Lipinski definition) is 2. The maximum atomic E-state index is 13.8. The maximum absolute atomic E-state index is 13.8. The summed E-state index contributed by atoms with van der Waals surface area (Å²) in [5.74, 6) is -3.22. The van der Waals surface area contributed by atoms with E-state index in [4.69, 9.17) is 4.74 Å². The molecule has 1 N–H and O–H groups in total. The second kappa shape index (κ2) is 6.59. The fraction of sp³-hybridized carbons (Fsp3) is 0.600. The summed E-state index contributed by atoms with van der Waals surface area (Å²) < 4.78 is 45.5. The van der Waals surface area contributed by atoms with Crippen molar-refractivity contribution in [3.63, 3.8) is 0 Å². The van der Waals surface area contributed by atoms with Crippen molar-refractivity contribution < 1.29 is 17.9 Å². The third-order valence-corrected chi connectivity index (χ3v) is 3.95. The van der Waals surface area contributed by atoms with Crippen LogP contribution in [0, 0.1) is 23.4 Å². The quantitative estimate of drug-likeness (QED) is 0.808. The molecule has 0 spiro atoms. The van der Waals surface area contributed by atoms with E-state index in [0.717, 1.165) is 18.9 Å². The van der Waals surface area contributed by atoms with Gasteiger partial charge < -0.3 is 10.1 Å². The van der Waals surface area contributed by atoms with Crippen LogP contribution in [0.4, 0.5) is 13.2 Å². The predicted octanol–water partition coefficient (Wildman–Crippen LogP) is 3.57. The van der Waals surface area contributed by atoms with Crippen LogP contribution in [0.1, 0.15) is 37.8 Å². The van der Waals surface area contributed by atoms with E-state index in [1.54, 1.807) is 7.05 Å². The molecule has 0 aliphatic heterocycles. The molecule has 5 heteroatoms. The lowest BCUT2D eigenvalue weighted by molar-refractivity contribution is -0.0290. The van der Waals surface area contributed by atoms with E-state index in [2.05, 4.69) is 5.32 Å². The zero-order chi connectivity index (χ0) is 14.7.